The van der Waals surface area contributed by atoms with Crippen LogP contribution < -0.4 is 10.1 Å². The third kappa shape index (κ3) is 1.99. The number of hydrogen-bond donors (Lipinski definition) is 1. The van der Waals surface area contributed by atoms with E-state index in [0.29, 0.717) is 6.04 Å². The van der Waals surface area contributed by atoms with E-state index in [1.807, 2.05) is 24.4 Å². The van der Waals surface area contributed by atoms with E-state index in [2.05, 4.69) is 27.4 Å². The number of nitrogens with zero attached hydrogens (tertiary/aromatic N) is 2. The lowest BCUT2D eigenvalue weighted by molar-refractivity contribution is 0.416. The molecule has 4 nitrogen and oxygen atoms in total. The van der Waals surface area contributed by atoms with E-state index < -0.39 is 0 Å². The molecule has 94 valence electrons. The van der Waals surface area contributed by atoms with Crippen molar-refractivity contribution in [2.45, 2.75) is 12.5 Å². The van der Waals surface area contributed by atoms with Gasteiger partial charge in [0.25, 0.3) is 0 Å². The van der Waals surface area contributed by atoms with E-state index >= 15 is 0 Å². The first-order valence-corrected chi connectivity index (χ1v) is 6.27. The Bertz CT molecular complexity index is 529. The largest absolute Gasteiger partial charge is 0.496 e. The zero-order valence-electron chi connectivity index (χ0n) is 10.5. The Hall–Kier alpha value is -1.81. The van der Waals surface area contributed by atoms with E-state index in [0.717, 1.165) is 36.4 Å². The van der Waals surface area contributed by atoms with Crippen LogP contribution in [0.2, 0.25) is 0 Å². The maximum absolute atomic E-state index is 5.39. The molecule has 0 bridgehead atoms. The van der Waals surface area contributed by atoms with Crippen LogP contribution >= 0.6 is 0 Å². The predicted molar refractivity (Wildman–Crippen MR) is 70.7 cm³/mol. The molecular formula is C14H17N3O. The first-order valence-electron chi connectivity index (χ1n) is 6.27. The van der Waals surface area contributed by atoms with Gasteiger partial charge in [0.1, 0.15) is 5.75 Å². The highest BCUT2D eigenvalue weighted by molar-refractivity contribution is 5.69. The molecule has 1 aliphatic heterocycles. The molecule has 0 aliphatic carbocycles. The molecule has 1 atom stereocenters. The van der Waals surface area contributed by atoms with Gasteiger partial charge in [0.2, 0.25) is 0 Å². The molecular weight excluding hydrogens is 226 g/mol. The quantitative estimate of drug-likeness (QED) is 0.897. The molecule has 1 fully saturated rings. The lowest BCUT2D eigenvalue weighted by Crippen LogP contribution is -2.13. The molecule has 1 aromatic heterocycles. The van der Waals surface area contributed by atoms with Gasteiger partial charge in [-0.1, -0.05) is 18.2 Å². The van der Waals surface area contributed by atoms with Crippen molar-refractivity contribution in [3.8, 4) is 16.9 Å². The molecule has 1 unspecified atom stereocenters. The number of nitrogens with one attached hydrogen (secondary N) is 1. The van der Waals surface area contributed by atoms with Gasteiger partial charge in [-0.2, -0.15) is 5.10 Å². The van der Waals surface area contributed by atoms with E-state index in [1.165, 1.54) is 0 Å². The fourth-order valence-electron chi connectivity index (χ4n) is 2.43. The number of methoxy groups -OCH3 is 1. The maximum atomic E-state index is 5.39. The van der Waals surface area contributed by atoms with Crippen LogP contribution in [0.15, 0.2) is 36.7 Å². The van der Waals surface area contributed by atoms with Gasteiger partial charge in [0.15, 0.2) is 0 Å². The van der Waals surface area contributed by atoms with Gasteiger partial charge in [-0.3, -0.25) is 4.68 Å². The second kappa shape index (κ2) is 4.82. The average Bonchev–Trinajstić information content (AvgIpc) is 3.09. The molecule has 1 aromatic carbocycles. The summed E-state index contributed by atoms with van der Waals surface area (Å²) in [5, 5.41) is 7.83. The molecule has 1 aliphatic rings. The Morgan fingerprint density at radius 2 is 2.28 bits per heavy atom. The fraction of sp³-hybridized carbons (Fsp3) is 0.357. The molecule has 18 heavy (non-hydrogen) atoms. The summed E-state index contributed by atoms with van der Waals surface area (Å²) in [6, 6.07) is 8.52. The molecule has 1 N–H and O–H groups in total. The highest BCUT2D eigenvalue weighted by Gasteiger charge is 2.17. The van der Waals surface area contributed by atoms with Gasteiger partial charge in [-0.25, -0.2) is 0 Å². The highest BCUT2D eigenvalue weighted by Crippen LogP contribution is 2.30. The second-order valence-electron chi connectivity index (χ2n) is 4.56. The minimum absolute atomic E-state index is 0.480. The third-order valence-corrected chi connectivity index (χ3v) is 3.43. The van der Waals surface area contributed by atoms with Crippen LogP contribution in [0.4, 0.5) is 0 Å². The van der Waals surface area contributed by atoms with Crippen molar-refractivity contribution in [2.75, 3.05) is 20.2 Å². The van der Waals surface area contributed by atoms with Crippen molar-refractivity contribution < 1.29 is 4.74 Å². The third-order valence-electron chi connectivity index (χ3n) is 3.43. The van der Waals surface area contributed by atoms with Crippen molar-refractivity contribution in [3.63, 3.8) is 0 Å². The Labute approximate surface area is 107 Å². The number of hydrogen-bond acceptors (Lipinski definition) is 3. The van der Waals surface area contributed by atoms with Gasteiger partial charge in [-0.15, -0.1) is 0 Å². The van der Waals surface area contributed by atoms with Crippen molar-refractivity contribution in [1.29, 1.82) is 0 Å². The van der Waals surface area contributed by atoms with E-state index in [4.69, 9.17) is 4.74 Å². The van der Waals surface area contributed by atoms with Crippen molar-refractivity contribution >= 4 is 0 Å². The van der Waals surface area contributed by atoms with E-state index in [1.54, 1.807) is 7.11 Å². The lowest BCUT2D eigenvalue weighted by Gasteiger charge is -2.08. The smallest absolute Gasteiger partial charge is 0.126 e. The zero-order chi connectivity index (χ0) is 12.4. The topological polar surface area (TPSA) is 39.1 Å². The van der Waals surface area contributed by atoms with Gasteiger partial charge < -0.3 is 10.1 Å². The predicted octanol–water partition coefficient (Wildman–Crippen LogP) is 2.09. The van der Waals surface area contributed by atoms with Crippen LogP contribution in [0, 0.1) is 0 Å². The summed E-state index contributed by atoms with van der Waals surface area (Å²) in [7, 11) is 1.70. The first-order chi connectivity index (χ1) is 8.88. The molecule has 2 aromatic rings. The molecule has 4 heteroatoms. The number of aromatic nitrogens is 2. The van der Waals surface area contributed by atoms with E-state index in [-0.39, 0.29) is 0 Å². The number of para-hydroxylation sites is 1. The molecule has 0 amide bonds. The summed E-state index contributed by atoms with van der Waals surface area (Å²) in [4.78, 5) is 0. The van der Waals surface area contributed by atoms with Crippen molar-refractivity contribution in [3.05, 3.63) is 36.7 Å². The van der Waals surface area contributed by atoms with Crippen LogP contribution in [-0.4, -0.2) is 30.0 Å². The van der Waals surface area contributed by atoms with Crippen LogP contribution in [-0.2, 0) is 0 Å². The summed E-state index contributed by atoms with van der Waals surface area (Å²) in [6.07, 6.45) is 5.17. The average molecular weight is 243 g/mol. The fourth-order valence-corrected chi connectivity index (χ4v) is 2.43. The molecule has 3 rings (SSSR count). The summed E-state index contributed by atoms with van der Waals surface area (Å²) in [6.45, 7) is 2.08. The van der Waals surface area contributed by atoms with E-state index in [9.17, 15) is 0 Å². The first kappa shape index (κ1) is 11.3. The minimum Gasteiger partial charge on any atom is -0.496 e. The van der Waals surface area contributed by atoms with Gasteiger partial charge >= 0.3 is 0 Å². The van der Waals surface area contributed by atoms with Gasteiger partial charge in [-0.05, 0) is 19.0 Å². The van der Waals surface area contributed by atoms with Crippen LogP contribution in [0.3, 0.4) is 0 Å². The van der Waals surface area contributed by atoms with Crippen molar-refractivity contribution in [2.24, 2.45) is 0 Å². The lowest BCUT2D eigenvalue weighted by atomic mass is 10.1. The maximum Gasteiger partial charge on any atom is 0.126 e. The number of benzene rings is 1. The van der Waals surface area contributed by atoms with Crippen LogP contribution in [0.1, 0.15) is 12.5 Å². The van der Waals surface area contributed by atoms with Gasteiger partial charge in [0.05, 0.1) is 19.3 Å². The Kier molecular flexibility index (Phi) is 3.02. The molecule has 0 radical (unpaired) electrons. The monoisotopic (exact) mass is 243 g/mol. The minimum atomic E-state index is 0.480. The summed E-state index contributed by atoms with van der Waals surface area (Å²) in [5.41, 5.74) is 2.21. The summed E-state index contributed by atoms with van der Waals surface area (Å²) < 4.78 is 7.44. The summed E-state index contributed by atoms with van der Waals surface area (Å²) >= 11 is 0. The second-order valence-corrected chi connectivity index (χ2v) is 4.56. The molecule has 0 saturated carbocycles. The molecule has 0 spiro atoms. The number of ether oxygens (including phenoxy) is 1. The van der Waals surface area contributed by atoms with Crippen LogP contribution in [0.5, 0.6) is 5.75 Å². The van der Waals surface area contributed by atoms with Crippen LogP contribution in [0.25, 0.3) is 11.1 Å². The standard InChI is InChI=1S/C14H17N3O/c1-18-14-5-3-2-4-13(14)11-8-16-17(10-11)12-6-7-15-9-12/h2-5,8,10,12,15H,6-7,9H2,1H3. The molecule has 1 saturated heterocycles. The summed E-state index contributed by atoms with van der Waals surface area (Å²) in [5.74, 6) is 0.890. The highest BCUT2D eigenvalue weighted by atomic mass is 16.5. The normalized spacial score (nSPS) is 19.1. The SMILES string of the molecule is COc1ccccc1-c1cnn(C2CCNC2)c1. The zero-order valence-corrected chi connectivity index (χ0v) is 10.5. The number of rotatable bonds is 3. The Balaban J connectivity index is 1.92. The molecule has 2 heterocycles. The van der Waals surface area contributed by atoms with Crippen molar-refractivity contribution in [1.82, 2.24) is 15.1 Å². The van der Waals surface area contributed by atoms with Gasteiger partial charge in [0, 0.05) is 23.9 Å². The Morgan fingerprint density at radius 3 is 3.06 bits per heavy atom. The Morgan fingerprint density at radius 1 is 1.39 bits per heavy atom.